The zero-order valence-corrected chi connectivity index (χ0v) is 9.44. The van der Waals surface area contributed by atoms with Crippen LogP contribution in [0.15, 0.2) is 18.3 Å². The van der Waals surface area contributed by atoms with Gasteiger partial charge in [0.1, 0.15) is 11.8 Å². The van der Waals surface area contributed by atoms with Crippen molar-refractivity contribution in [2.45, 2.75) is 12.3 Å². The number of nitrogens with one attached hydrogen (secondary N) is 1. The van der Waals surface area contributed by atoms with E-state index in [1.807, 2.05) is 0 Å². The Labute approximate surface area is 105 Å². The molecule has 0 saturated carbocycles. The quantitative estimate of drug-likeness (QED) is 0.701. The number of aliphatic hydroxyl groups is 1. The number of halogens is 3. The number of nitrogens with zero attached hydrogens (tertiary/aromatic N) is 1. The topological polar surface area (TPSA) is 105 Å². The van der Waals surface area contributed by atoms with E-state index in [-0.39, 0.29) is 5.56 Å². The van der Waals surface area contributed by atoms with Crippen molar-refractivity contribution < 1.29 is 27.9 Å². The number of pyridine rings is 1. The van der Waals surface area contributed by atoms with E-state index in [0.717, 1.165) is 12.3 Å². The lowest BCUT2D eigenvalue weighted by Gasteiger charge is -2.09. The van der Waals surface area contributed by atoms with Crippen LogP contribution >= 0.6 is 0 Å². The summed E-state index contributed by atoms with van der Waals surface area (Å²) < 4.78 is 36.6. The summed E-state index contributed by atoms with van der Waals surface area (Å²) in [6, 6.07) is 1.58. The van der Waals surface area contributed by atoms with Gasteiger partial charge in [-0.15, -0.1) is 0 Å². The minimum atomic E-state index is -4.59. The third-order valence-electron chi connectivity index (χ3n) is 2.10. The van der Waals surface area contributed by atoms with Crippen molar-refractivity contribution in [2.24, 2.45) is 5.73 Å². The number of alkyl halides is 3. The Kier molecular flexibility index (Phi) is 4.43. The molecule has 0 aliphatic rings. The van der Waals surface area contributed by atoms with E-state index >= 15 is 0 Å². The van der Waals surface area contributed by atoms with Crippen molar-refractivity contribution in [2.75, 3.05) is 6.54 Å². The van der Waals surface area contributed by atoms with Gasteiger partial charge in [0, 0.05) is 6.20 Å². The van der Waals surface area contributed by atoms with Gasteiger partial charge in [0.15, 0.2) is 0 Å². The maximum Gasteiger partial charge on any atom is 0.433 e. The average molecular weight is 277 g/mol. The molecule has 4 N–H and O–H groups in total. The Hall–Kier alpha value is -2.16. The third kappa shape index (κ3) is 4.21. The molecule has 1 aromatic heterocycles. The zero-order valence-electron chi connectivity index (χ0n) is 9.44. The second-order valence-electron chi connectivity index (χ2n) is 3.56. The second-order valence-corrected chi connectivity index (χ2v) is 3.56. The molecule has 6 nitrogen and oxygen atoms in total. The van der Waals surface area contributed by atoms with Crippen LogP contribution in [0.2, 0.25) is 0 Å². The van der Waals surface area contributed by atoms with Gasteiger partial charge in [0.2, 0.25) is 5.91 Å². The summed E-state index contributed by atoms with van der Waals surface area (Å²) in [7, 11) is 0. The number of primary amides is 1. The normalized spacial score (nSPS) is 12.8. The van der Waals surface area contributed by atoms with Crippen molar-refractivity contribution in [3.63, 3.8) is 0 Å². The molecule has 0 aliphatic heterocycles. The number of nitrogens with two attached hydrogens (primary N) is 1. The van der Waals surface area contributed by atoms with Crippen molar-refractivity contribution in [3.05, 3.63) is 29.6 Å². The number of carbonyl (C=O) groups excluding carboxylic acids is 2. The highest BCUT2D eigenvalue weighted by molar-refractivity contribution is 5.94. The second kappa shape index (κ2) is 5.65. The highest BCUT2D eigenvalue weighted by atomic mass is 19.4. The first-order valence-electron chi connectivity index (χ1n) is 5.00. The lowest BCUT2D eigenvalue weighted by atomic mass is 10.2. The van der Waals surface area contributed by atoms with Crippen LogP contribution in [-0.2, 0) is 11.0 Å². The van der Waals surface area contributed by atoms with Crippen molar-refractivity contribution in [1.29, 1.82) is 0 Å². The van der Waals surface area contributed by atoms with Gasteiger partial charge >= 0.3 is 6.18 Å². The van der Waals surface area contributed by atoms with Crippen LogP contribution in [0.5, 0.6) is 0 Å². The van der Waals surface area contributed by atoms with Gasteiger partial charge in [-0.3, -0.25) is 14.6 Å². The third-order valence-corrected chi connectivity index (χ3v) is 2.10. The van der Waals surface area contributed by atoms with Crippen LogP contribution < -0.4 is 11.1 Å². The Morgan fingerprint density at radius 1 is 1.42 bits per heavy atom. The van der Waals surface area contributed by atoms with Gasteiger partial charge in [-0.2, -0.15) is 13.2 Å². The zero-order chi connectivity index (χ0) is 14.6. The van der Waals surface area contributed by atoms with Crippen LogP contribution in [-0.4, -0.2) is 34.6 Å². The fraction of sp³-hybridized carbons (Fsp3) is 0.300. The summed E-state index contributed by atoms with van der Waals surface area (Å²) in [5.41, 5.74) is 3.49. The molecule has 0 bridgehead atoms. The molecule has 1 aromatic rings. The van der Waals surface area contributed by atoms with E-state index in [9.17, 15) is 22.8 Å². The predicted octanol–water partition coefficient (Wildman–Crippen LogP) is -0.324. The molecule has 19 heavy (non-hydrogen) atoms. The summed E-state index contributed by atoms with van der Waals surface area (Å²) in [6.07, 6.45) is -5.40. The van der Waals surface area contributed by atoms with E-state index in [0.29, 0.717) is 6.07 Å². The molecule has 0 aliphatic carbocycles. The maximum absolute atomic E-state index is 12.2. The average Bonchev–Trinajstić information content (AvgIpc) is 2.34. The van der Waals surface area contributed by atoms with Crippen LogP contribution in [0.4, 0.5) is 13.2 Å². The summed E-state index contributed by atoms with van der Waals surface area (Å²) >= 11 is 0. The predicted molar refractivity (Wildman–Crippen MR) is 56.8 cm³/mol. The summed E-state index contributed by atoms with van der Waals surface area (Å²) in [5.74, 6) is -1.80. The van der Waals surface area contributed by atoms with Gasteiger partial charge < -0.3 is 16.2 Å². The summed E-state index contributed by atoms with van der Waals surface area (Å²) in [5, 5.41) is 11.1. The molecule has 0 fully saturated rings. The van der Waals surface area contributed by atoms with Crippen LogP contribution in [0, 0.1) is 0 Å². The van der Waals surface area contributed by atoms with Gasteiger partial charge in [0.05, 0.1) is 12.1 Å². The van der Waals surface area contributed by atoms with E-state index in [1.54, 1.807) is 0 Å². The number of amides is 2. The highest BCUT2D eigenvalue weighted by Gasteiger charge is 2.32. The number of aliphatic hydroxyl groups excluding tert-OH is 1. The molecule has 104 valence electrons. The summed E-state index contributed by atoms with van der Waals surface area (Å²) in [4.78, 5) is 25.0. The lowest BCUT2D eigenvalue weighted by molar-refractivity contribution is -0.141. The molecule has 1 heterocycles. The van der Waals surface area contributed by atoms with Crippen LogP contribution in [0.3, 0.4) is 0 Å². The molecule has 1 unspecified atom stereocenters. The van der Waals surface area contributed by atoms with Gasteiger partial charge in [-0.05, 0) is 12.1 Å². The van der Waals surface area contributed by atoms with Crippen LogP contribution in [0.1, 0.15) is 16.1 Å². The summed E-state index contributed by atoms with van der Waals surface area (Å²) in [6.45, 7) is -0.435. The van der Waals surface area contributed by atoms with Crippen molar-refractivity contribution in [3.8, 4) is 0 Å². The first-order valence-corrected chi connectivity index (χ1v) is 5.00. The van der Waals surface area contributed by atoms with E-state index in [2.05, 4.69) is 10.3 Å². The fourth-order valence-corrected chi connectivity index (χ4v) is 1.09. The number of hydrogen-bond donors (Lipinski definition) is 3. The number of carbonyl (C=O) groups is 2. The number of rotatable bonds is 4. The van der Waals surface area contributed by atoms with E-state index < -0.39 is 36.3 Å². The Morgan fingerprint density at radius 2 is 2.05 bits per heavy atom. The molecule has 0 saturated heterocycles. The smallest absolute Gasteiger partial charge is 0.381 e. The SMILES string of the molecule is NC(=O)C(O)CNC(=O)c1ccc(C(F)(F)F)nc1. The molecule has 1 rings (SSSR count). The lowest BCUT2D eigenvalue weighted by Crippen LogP contribution is -2.40. The van der Waals surface area contributed by atoms with E-state index in [4.69, 9.17) is 10.8 Å². The molecular formula is C10H10F3N3O3. The van der Waals surface area contributed by atoms with Gasteiger partial charge in [-0.25, -0.2) is 0 Å². The Morgan fingerprint density at radius 3 is 2.47 bits per heavy atom. The molecule has 1 atom stereocenters. The minimum Gasteiger partial charge on any atom is -0.381 e. The minimum absolute atomic E-state index is 0.135. The van der Waals surface area contributed by atoms with Crippen molar-refractivity contribution >= 4 is 11.8 Å². The maximum atomic E-state index is 12.2. The molecule has 9 heteroatoms. The standard InChI is InChI=1S/C10H10F3N3O3/c11-10(12,13)7-2-1-5(3-15-7)9(19)16-4-6(17)8(14)18/h1-3,6,17H,4H2,(H2,14,18)(H,16,19). The highest BCUT2D eigenvalue weighted by Crippen LogP contribution is 2.27. The molecule has 0 radical (unpaired) electrons. The first-order chi connectivity index (χ1) is 8.71. The van der Waals surface area contributed by atoms with Crippen LogP contribution in [0.25, 0.3) is 0 Å². The molecule has 2 amide bonds. The molecule has 0 spiro atoms. The largest absolute Gasteiger partial charge is 0.433 e. The Balaban J connectivity index is 2.66. The van der Waals surface area contributed by atoms with E-state index in [1.165, 1.54) is 0 Å². The van der Waals surface area contributed by atoms with Gasteiger partial charge in [-0.1, -0.05) is 0 Å². The fourth-order valence-electron chi connectivity index (χ4n) is 1.09. The van der Waals surface area contributed by atoms with Crippen molar-refractivity contribution in [1.82, 2.24) is 10.3 Å². The van der Waals surface area contributed by atoms with Gasteiger partial charge in [0.25, 0.3) is 5.91 Å². The number of hydrogen-bond acceptors (Lipinski definition) is 4. The first kappa shape index (κ1) is 14.9. The molecule has 0 aromatic carbocycles. The Bertz CT molecular complexity index is 473. The number of aromatic nitrogens is 1. The molecular weight excluding hydrogens is 267 g/mol. The monoisotopic (exact) mass is 277 g/mol.